The molecule has 1 aromatic rings. The second-order valence-corrected chi connectivity index (χ2v) is 4.87. The Bertz CT molecular complexity index is 442. The van der Waals surface area contributed by atoms with Gasteiger partial charge in [-0.05, 0) is 26.5 Å². The number of hydrogen-bond donors (Lipinski definition) is 2. The molecular weight excluding hydrogens is 240 g/mol. The summed E-state index contributed by atoms with van der Waals surface area (Å²) in [7, 11) is 0. The van der Waals surface area contributed by atoms with Crippen molar-refractivity contribution in [2.45, 2.75) is 45.4 Å². The lowest BCUT2D eigenvalue weighted by atomic mass is 9.96. The van der Waals surface area contributed by atoms with Gasteiger partial charge in [-0.25, -0.2) is 0 Å². The molecule has 19 heavy (non-hydrogen) atoms. The zero-order valence-electron chi connectivity index (χ0n) is 11.8. The number of nitrogens with one attached hydrogen (secondary N) is 1. The number of nitriles is 1. The van der Waals surface area contributed by atoms with Crippen molar-refractivity contribution < 1.29 is 9.84 Å². The molecule has 104 valence electrons. The van der Waals surface area contributed by atoms with Gasteiger partial charge in [0, 0.05) is 12.0 Å². The summed E-state index contributed by atoms with van der Waals surface area (Å²) < 4.78 is 5.83. The van der Waals surface area contributed by atoms with Crippen molar-refractivity contribution in [3.05, 3.63) is 29.8 Å². The molecule has 0 heterocycles. The van der Waals surface area contributed by atoms with E-state index in [0.717, 1.165) is 12.1 Å². The smallest absolute Gasteiger partial charge is 0.125 e. The van der Waals surface area contributed by atoms with E-state index in [-0.39, 0.29) is 12.7 Å². The molecular formula is C15H22N2O2. The van der Waals surface area contributed by atoms with Crippen molar-refractivity contribution in [2.24, 2.45) is 0 Å². The van der Waals surface area contributed by atoms with Gasteiger partial charge in [0.25, 0.3) is 0 Å². The lowest BCUT2D eigenvalue weighted by molar-refractivity contribution is 0.174. The molecule has 0 aromatic heterocycles. The monoisotopic (exact) mass is 262 g/mol. The SMILES string of the molecule is CCNC(C)(C#N)CC(C)Oc1ccccc1CO. The number of aliphatic hydroxyl groups excluding tert-OH is 1. The molecule has 4 nitrogen and oxygen atoms in total. The van der Waals surface area contributed by atoms with Crippen LogP contribution in [0.1, 0.15) is 32.8 Å². The minimum atomic E-state index is -0.595. The number of aliphatic hydroxyl groups is 1. The molecule has 0 aliphatic rings. The summed E-state index contributed by atoms with van der Waals surface area (Å²) in [6.07, 6.45) is 0.466. The second-order valence-electron chi connectivity index (χ2n) is 4.87. The third-order valence-electron chi connectivity index (χ3n) is 2.98. The standard InChI is InChI=1S/C15H22N2O2/c1-4-17-15(3,11-16)9-12(2)19-14-8-6-5-7-13(14)10-18/h5-8,12,17-18H,4,9-10H2,1-3H3. The van der Waals surface area contributed by atoms with E-state index in [4.69, 9.17) is 4.74 Å². The first-order valence-electron chi connectivity index (χ1n) is 6.56. The van der Waals surface area contributed by atoms with Crippen molar-refractivity contribution in [3.8, 4) is 11.8 Å². The molecule has 1 aromatic carbocycles. The van der Waals surface area contributed by atoms with E-state index in [0.29, 0.717) is 12.2 Å². The maximum absolute atomic E-state index is 9.25. The number of benzene rings is 1. The summed E-state index contributed by atoms with van der Waals surface area (Å²) in [5.74, 6) is 0.675. The molecule has 2 atom stereocenters. The van der Waals surface area contributed by atoms with E-state index in [9.17, 15) is 10.4 Å². The van der Waals surface area contributed by atoms with Gasteiger partial charge in [-0.15, -0.1) is 0 Å². The third-order valence-corrected chi connectivity index (χ3v) is 2.98. The average molecular weight is 262 g/mol. The first kappa shape index (κ1) is 15.5. The Kier molecular flexibility index (Phi) is 5.81. The third kappa shape index (κ3) is 4.55. The van der Waals surface area contributed by atoms with Crippen LogP contribution in [0.25, 0.3) is 0 Å². The summed E-state index contributed by atoms with van der Waals surface area (Å²) in [5, 5.41) is 21.6. The van der Waals surface area contributed by atoms with Crippen LogP contribution in [0.2, 0.25) is 0 Å². The van der Waals surface area contributed by atoms with Gasteiger partial charge in [0.2, 0.25) is 0 Å². The molecule has 0 amide bonds. The highest BCUT2D eigenvalue weighted by molar-refractivity contribution is 5.32. The van der Waals surface area contributed by atoms with Crippen LogP contribution in [0.5, 0.6) is 5.75 Å². The summed E-state index contributed by atoms with van der Waals surface area (Å²) in [5.41, 5.74) is 0.166. The average Bonchev–Trinajstić information content (AvgIpc) is 2.39. The zero-order chi connectivity index (χ0) is 14.3. The van der Waals surface area contributed by atoms with Crippen LogP contribution in [-0.4, -0.2) is 23.3 Å². The summed E-state index contributed by atoms with van der Waals surface area (Å²) in [6.45, 7) is 6.47. The molecule has 0 saturated carbocycles. The quantitative estimate of drug-likeness (QED) is 0.791. The van der Waals surface area contributed by atoms with Gasteiger partial charge < -0.3 is 9.84 Å². The van der Waals surface area contributed by atoms with E-state index in [2.05, 4.69) is 11.4 Å². The minimum Gasteiger partial charge on any atom is -0.490 e. The van der Waals surface area contributed by atoms with Gasteiger partial charge in [0.05, 0.1) is 18.8 Å². The van der Waals surface area contributed by atoms with Crippen LogP contribution in [0.3, 0.4) is 0 Å². The highest BCUT2D eigenvalue weighted by Gasteiger charge is 2.26. The van der Waals surface area contributed by atoms with Gasteiger partial charge in [-0.1, -0.05) is 25.1 Å². The topological polar surface area (TPSA) is 65.3 Å². The molecule has 2 N–H and O–H groups in total. The minimum absolute atomic E-state index is 0.0500. The van der Waals surface area contributed by atoms with E-state index < -0.39 is 5.54 Å². The van der Waals surface area contributed by atoms with Gasteiger partial charge in [-0.2, -0.15) is 5.26 Å². The Labute approximate surface area is 115 Å². The molecule has 0 bridgehead atoms. The van der Waals surface area contributed by atoms with E-state index in [1.54, 1.807) is 0 Å². The molecule has 4 heteroatoms. The number of ether oxygens (including phenoxy) is 1. The predicted molar refractivity (Wildman–Crippen MR) is 74.8 cm³/mol. The molecule has 1 rings (SSSR count). The van der Waals surface area contributed by atoms with Gasteiger partial charge in [-0.3, -0.25) is 5.32 Å². The van der Waals surface area contributed by atoms with Crippen LogP contribution in [0.4, 0.5) is 0 Å². The molecule has 2 unspecified atom stereocenters. The molecule has 0 spiro atoms. The first-order chi connectivity index (χ1) is 9.04. The van der Waals surface area contributed by atoms with E-state index in [1.807, 2.05) is 45.0 Å². The molecule has 0 saturated heterocycles. The van der Waals surface area contributed by atoms with Crippen molar-refractivity contribution >= 4 is 0 Å². The largest absolute Gasteiger partial charge is 0.490 e. The zero-order valence-corrected chi connectivity index (χ0v) is 11.8. The maximum atomic E-state index is 9.25. The van der Waals surface area contributed by atoms with Crippen LogP contribution in [-0.2, 0) is 6.61 Å². The van der Waals surface area contributed by atoms with Gasteiger partial charge in [0.1, 0.15) is 11.3 Å². The van der Waals surface area contributed by atoms with Crippen molar-refractivity contribution in [3.63, 3.8) is 0 Å². The number of hydrogen-bond acceptors (Lipinski definition) is 4. The summed E-state index contributed by atoms with van der Waals surface area (Å²) in [4.78, 5) is 0. The normalized spacial score (nSPS) is 15.3. The second kappa shape index (κ2) is 7.13. The van der Waals surface area contributed by atoms with E-state index >= 15 is 0 Å². The summed E-state index contributed by atoms with van der Waals surface area (Å²) >= 11 is 0. The van der Waals surface area contributed by atoms with Crippen molar-refractivity contribution in [2.75, 3.05) is 6.54 Å². The van der Waals surface area contributed by atoms with Crippen LogP contribution < -0.4 is 10.1 Å². The molecule has 0 aliphatic carbocycles. The predicted octanol–water partition coefficient (Wildman–Crippen LogP) is 2.23. The van der Waals surface area contributed by atoms with Crippen molar-refractivity contribution in [1.29, 1.82) is 5.26 Å². The lowest BCUT2D eigenvalue weighted by Gasteiger charge is -2.27. The number of para-hydroxylation sites is 1. The Hall–Kier alpha value is -1.57. The van der Waals surface area contributed by atoms with E-state index in [1.165, 1.54) is 0 Å². The Morgan fingerprint density at radius 3 is 2.74 bits per heavy atom. The fourth-order valence-corrected chi connectivity index (χ4v) is 2.13. The van der Waals surface area contributed by atoms with Crippen LogP contribution >= 0.6 is 0 Å². The number of rotatable bonds is 7. The fraction of sp³-hybridized carbons (Fsp3) is 0.533. The van der Waals surface area contributed by atoms with Crippen LogP contribution in [0.15, 0.2) is 24.3 Å². The van der Waals surface area contributed by atoms with Crippen LogP contribution in [0, 0.1) is 11.3 Å². The lowest BCUT2D eigenvalue weighted by Crippen LogP contribution is -2.44. The summed E-state index contributed by atoms with van der Waals surface area (Å²) in [6, 6.07) is 9.68. The Morgan fingerprint density at radius 1 is 1.47 bits per heavy atom. The molecule has 0 fully saturated rings. The Morgan fingerprint density at radius 2 is 2.16 bits per heavy atom. The van der Waals surface area contributed by atoms with Crippen molar-refractivity contribution in [1.82, 2.24) is 5.32 Å². The Balaban J connectivity index is 2.69. The number of nitrogens with zero attached hydrogens (tertiary/aromatic N) is 1. The highest BCUT2D eigenvalue weighted by Crippen LogP contribution is 2.22. The van der Waals surface area contributed by atoms with Gasteiger partial charge >= 0.3 is 0 Å². The highest BCUT2D eigenvalue weighted by atomic mass is 16.5. The molecule has 0 radical (unpaired) electrons. The fourth-order valence-electron chi connectivity index (χ4n) is 2.13. The first-order valence-corrected chi connectivity index (χ1v) is 6.56. The van der Waals surface area contributed by atoms with Gasteiger partial charge in [0.15, 0.2) is 0 Å². The maximum Gasteiger partial charge on any atom is 0.125 e. The molecule has 0 aliphatic heterocycles.